The molecule has 0 saturated carbocycles. The summed E-state index contributed by atoms with van der Waals surface area (Å²) >= 11 is 7.89. The third-order valence-corrected chi connectivity index (χ3v) is 5.60. The van der Waals surface area contributed by atoms with Gasteiger partial charge >= 0.3 is 0 Å². The number of hydrogen-bond acceptors (Lipinski definition) is 5. The minimum absolute atomic E-state index is 0.548. The van der Waals surface area contributed by atoms with Crippen LogP contribution >= 0.6 is 22.9 Å². The number of thiazole rings is 1. The molecule has 1 saturated heterocycles. The van der Waals surface area contributed by atoms with E-state index in [-0.39, 0.29) is 0 Å². The van der Waals surface area contributed by atoms with Gasteiger partial charge in [0.05, 0.1) is 17.3 Å². The molecule has 1 fully saturated rings. The van der Waals surface area contributed by atoms with Gasteiger partial charge in [-0.1, -0.05) is 11.6 Å². The van der Waals surface area contributed by atoms with Crippen molar-refractivity contribution in [3.8, 4) is 5.88 Å². The van der Waals surface area contributed by atoms with Gasteiger partial charge in [0.15, 0.2) is 0 Å². The Kier molecular flexibility index (Phi) is 5.51. The van der Waals surface area contributed by atoms with E-state index in [1.54, 1.807) is 6.20 Å². The van der Waals surface area contributed by atoms with Gasteiger partial charge in [0.1, 0.15) is 5.02 Å². The Morgan fingerprint density at radius 2 is 2.13 bits per heavy atom. The van der Waals surface area contributed by atoms with Crippen LogP contribution in [0.1, 0.15) is 28.4 Å². The summed E-state index contributed by atoms with van der Waals surface area (Å²) in [5.74, 6) is 1.13. The van der Waals surface area contributed by atoms with E-state index >= 15 is 0 Å². The van der Waals surface area contributed by atoms with Crippen LogP contribution in [0.3, 0.4) is 0 Å². The van der Waals surface area contributed by atoms with E-state index in [1.165, 1.54) is 10.6 Å². The fraction of sp³-hybridized carbons (Fsp3) is 0.529. The summed E-state index contributed by atoms with van der Waals surface area (Å²) in [6.45, 7) is 8.13. The lowest BCUT2D eigenvalue weighted by molar-refractivity contribution is 0.135. The normalized spacial score (nSPS) is 16.7. The van der Waals surface area contributed by atoms with Gasteiger partial charge in [0.2, 0.25) is 5.88 Å². The highest BCUT2D eigenvalue weighted by Gasteiger charge is 2.21. The maximum atomic E-state index is 6.07. The largest absolute Gasteiger partial charge is 0.476 e. The molecule has 0 atom stereocenters. The molecule has 1 aliphatic rings. The molecule has 3 heterocycles. The fourth-order valence-electron chi connectivity index (χ4n) is 2.91. The Bertz CT molecular complexity index is 653. The molecule has 0 aliphatic carbocycles. The molecule has 3 rings (SSSR count). The number of nitrogens with zero attached hydrogens (tertiary/aromatic N) is 3. The zero-order valence-corrected chi connectivity index (χ0v) is 15.2. The smallest absolute Gasteiger partial charge is 0.232 e. The number of pyridine rings is 1. The van der Waals surface area contributed by atoms with E-state index in [2.05, 4.69) is 28.7 Å². The van der Waals surface area contributed by atoms with Gasteiger partial charge in [-0.2, -0.15) is 0 Å². The van der Waals surface area contributed by atoms with Crippen molar-refractivity contribution in [1.82, 2.24) is 14.9 Å². The summed E-state index contributed by atoms with van der Waals surface area (Å²) in [5.41, 5.74) is 1.18. The molecule has 2 aromatic heterocycles. The van der Waals surface area contributed by atoms with Gasteiger partial charge in [0.25, 0.3) is 0 Å². The molecule has 6 heteroatoms. The molecule has 0 spiro atoms. The first-order chi connectivity index (χ1) is 11.1. The topological polar surface area (TPSA) is 38.2 Å². The number of halogens is 1. The average Bonchev–Trinajstić information content (AvgIpc) is 2.85. The van der Waals surface area contributed by atoms with Gasteiger partial charge in [0, 0.05) is 17.6 Å². The lowest BCUT2D eigenvalue weighted by atomic mass is 9.98. The summed E-state index contributed by atoms with van der Waals surface area (Å²) in [4.78, 5) is 12.6. The lowest BCUT2D eigenvalue weighted by Gasteiger charge is -2.31. The number of piperidine rings is 1. The van der Waals surface area contributed by atoms with Crippen LogP contribution in [0.2, 0.25) is 5.02 Å². The van der Waals surface area contributed by atoms with Crippen LogP contribution in [0.25, 0.3) is 0 Å². The van der Waals surface area contributed by atoms with Crippen LogP contribution in [0, 0.1) is 19.8 Å². The number of hydrogen-bond donors (Lipinski definition) is 0. The Morgan fingerprint density at radius 1 is 1.35 bits per heavy atom. The van der Waals surface area contributed by atoms with E-state index in [0.717, 1.165) is 37.5 Å². The van der Waals surface area contributed by atoms with Crippen molar-refractivity contribution in [2.24, 2.45) is 5.92 Å². The molecule has 0 unspecified atom stereocenters. The zero-order valence-electron chi connectivity index (χ0n) is 13.6. The Balaban J connectivity index is 1.45. The van der Waals surface area contributed by atoms with Crippen LogP contribution in [0.15, 0.2) is 18.3 Å². The molecule has 124 valence electrons. The van der Waals surface area contributed by atoms with Crippen molar-refractivity contribution in [2.45, 2.75) is 33.2 Å². The molecular formula is C17H22ClN3OS. The molecule has 1 aliphatic heterocycles. The molecule has 0 bridgehead atoms. The number of aryl methyl sites for hydroxylation is 2. The fourth-order valence-corrected chi connectivity index (χ4v) is 4.06. The standard InChI is InChI=1S/C17H22ClN3OS/c1-12-16(23-13(2)20-12)10-21-8-5-14(6-9-21)11-22-17-15(18)4-3-7-19-17/h3-4,7,14H,5-6,8-11H2,1-2H3. The van der Waals surface area contributed by atoms with Gasteiger partial charge < -0.3 is 4.74 Å². The SMILES string of the molecule is Cc1nc(C)c(CN2CCC(COc3ncccc3Cl)CC2)s1. The minimum Gasteiger partial charge on any atom is -0.476 e. The number of aromatic nitrogens is 2. The summed E-state index contributed by atoms with van der Waals surface area (Å²) in [6, 6.07) is 3.63. The molecule has 0 amide bonds. The van der Waals surface area contributed by atoms with Crippen LogP contribution in [-0.2, 0) is 6.54 Å². The summed E-state index contributed by atoms with van der Waals surface area (Å²) in [7, 11) is 0. The van der Waals surface area contributed by atoms with Crippen LogP contribution in [-0.4, -0.2) is 34.6 Å². The van der Waals surface area contributed by atoms with Crippen LogP contribution in [0.4, 0.5) is 0 Å². The molecule has 4 nitrogen and oxygen atoms in total. The van der Waals surface area contributed by atoms with Gasteiger partial charge in [-0.25, -0.2) is 9.97 Å². The van der Waals surface area contributed by atoms with Crippen LogP contribution in [0.5, 0.6) is 5.88 Å². The summed E-state index contributed by atoms with van der Waals surface area (Å²) in [6.07, 6.45) is 4.02. The van der Waals surface area contributed by atoms with Gasteiger partial charge in [-0.3, -0.25) is 4.90 Å². The van der Waals surface area contributed by atoms with Crippen molar-refractivity contribution < 1.29 is 4.74 Å². The van der Waals surface area contributed by atoms with Crippen molar-refractivity contribution >= 4 is 22.9 Å². The maximum Gasteiger partial charge on any atom is 0.232 e. The summed E-state index contributed by atoms with van der Waals surface area (Å²) in [5, 5.41) is 1.74. The van der Waals surface area contributed by atoms with E-state index in [4.69, 9.17) is 16.3 Å². The first-order valence-corrected chi connectivity index (χ1v) is 9.20. The lowest BCUT2D eigenvalue weighted by Crippen LogP contribution is -2.35. The first-order valence-electron chi connectivity index (χ1n) is 8.00. The molecule has 23 heavy (non-hydrogen) atoms. The average molecular weight is 352 g/mol. The quantitative estimate of drug-likeness (QED) is 0.812. The third-order valence-electron chi connectivity index (χ3n) is 4.25. The summed E-state index contributed by atoms with van der Waals surface area (Å²) < 4.78 is 5.78. The second-order valence-corrected chi connectivity index (χ2v) is 7.76. The van der Waals surface area contributed by atoms with Crippen molar-refractivity contribution in [1.29, 1.82) is 0 Å². The third kappa shape index (κ3) is 4.43. The molecular weight excluding hydrogens is 330 g/mol. The van der Waals surface area contributed by atoms with Crippen molar-refractivity contribution in [3.63, 3.8) is 0 Å². The van der Waals surface area contributed by atoms with E-state index in [9.17, 15) is 0 Å². The minimum atomic E-state index is 0.548. The zero-order chi connectivity index (χ0) is 16.2. The maximum absolute atomic E-state index is 6.07. The van der Waals surface area contributed by atoms with E-state index in [1.807, 2.05) is 23.5 Å². The number of rotatable bonds is 5. The number of likely N-dealkylation sites (tertiary alicyclic amines) is 1. The second-order valence-electron chi connectivity index (χ2n) is 6.06. The van der Waals surface area contributed by atoms with Crippen molar-refractivity contribution in [3.05, 3.63) is 38.9 Å². The van der Waals surface area contributed by atoms with E-state index in [0.29, 0.717) is 23.4 Å². The highest BCUT2D eigenvalue weighted by atomic mass is 35.5. The predicted octanol–water partition coefficient (Wildman–Crippen LogP) is 4.10. The predicted molar refractivity (Wildman–Crippen MR) is 94.3 cm³/mol. The monoisotopic (exact) mass is 351 g/mol. The Morgan fingerprint density at radius 3 is 2.78 bits per heavy atom. The molecule has 2 aromatic rings. The Labute approximate surface area is 146 Å². The molecule has 0 N–H and O–H groups in total. The molecule has 0 aromatic carbocycles. The number of ether oxygens (including phenoxy) is 1. The van der Waals surface area contributed by atoms with Crippen LogP contribution < -0.4 is 4.74 Å². The first kappa shape index (κ1) is 16.7. The second kappa shape index (κ2) is 7.60. The van der Waals surface area contributed by atoms with Gasteiger partial charge in [-0.05, 0) is 57.8 Å². The molecule has 0 radical (unpaired) electrons. The van der Waals surface area contributed by atoms with Crippen molar-refractivity contribution in [2.75, 3.05) is 19.7 Å². The highest BCUT2D eigenvalue weighted by Crippen LogP contribution is 2.25. The van der Waals surface area contributed by atoms with E-state index < -0.39 is 0 Å². The van der Waals surface area contributed by atoms with Gasteiger partial charge in [-0.15, -0.1) is 11.3 Å². The highest BCUT2D eigenvalue weighted by molar-refractivity contribution is 7.11. The Hall–Kier alpha value is -1.17.